The Labute approximate surface area is 380 Å². The average molecular weight is 955 g/mol. The molecule has 8 N–H and O–H groups in total. The fourth-order valence-corrected chi connectivity index (χ4v) is 8.34. The van der Waals surface area contributed by atoms with Crippen molar-refractivity contribution in [2.75, 3.05) is 13.2 Å². The summed E-state index contributed by atoms with van der Waals surface area (Å²) in [6.07, 6.45) is 21.0. The second kappa shape index (κ2) is 36.0. The molecule has 1 aliphatic carbocycles. The molecule has 64 heavy (non-hydrogen) atoms. The molecule has 0 saturated heterocycles. The molecule has 0 amide bonds. The number of carbonyl (C=O) groups is 2. The number of carbonyl (C=O) groups excluding carboxylic acids is 2. The van der Waals surface area contributed by atoms with Crippen molar-refractivity contribution in [1.82, 2.24) is 0 Å². The minimum Gasteiger partial charge on any atom is -0.462 e. The molecule has 0 aromatic carbocycles. The van der Waals surface area contributed by atoms with E-state index in [0.717, 1.165) is 38.5 Å². The van der Waals surface area contributed by atoms with E-state index in [9.17, 15) is 49.1 Å². The molecule has 0 heterocycles. The standard InChI is InChI=1S/C45H80O17P2/c1-3-5-7-9-11-13-14-15-16-18-20-24-28-32-38(47)58-34-37(35-59-64(56,57)62-45-42(51)40(49)41(50)44(43(45)52)61-63(53,54)55)60-39(48)33-29-25-21-23-27-31-36(46)30-26-22-19-17-12-10-8-6-4-2/h12,17,21-23,26-27,31,36-37,40-46,49-52H,3-11,13-16,18-20,24-25,28-30,32-35H2,1-2H3,(H,56,57)(H2,53,54,55)/b17-12-,23-21+,26-22-,31-27-/t36?,37-,40?,41?,42?,43?,44-,45+/m1/s1. The zero-order valence-electron chi connectivity index (χ0n) is 38.1. The number of aliphatic hydroxyl groups excluding tert-OH is 5. The fraction of sp³-hybridized carbons (Fsp3) is 0.778. The highest BCUT2D eigenvalue weighted by atomic mass is 31.2. The first-order chi connectivity index (χ1) is 30.5. The third-order valence-electron chi connectivity index (χ3n) is 10.5. The number of rotatable bonds is 38. The van der Waals surface area contributed by atoms with Crippen LogP contribution in [0.15, 0.2) is 48.6 Å². The third-order valence-corrected chi connectivity index (χ3v) is 12.0. The SMILES string of the molecule is CCCCC/C=C\C/C=C\CC(O)/C=C\C=C\CCCC(=O)O[C@H](COC(=O)CCCCCCCCCCCCCCC)COP(=O)(O)O[C@H]1C(O)C(O)C(O)[C@@H](OP(=O)(O)O)C1O. The smallest absolute Gasteiger partial charge is 0.462 e. The first-order valence-corrected chi connectivity index (χ1v) is 26.3. The highest BCUT2D eigenvalue weighted by Gasteiger charge is 2.54. The van der Waals surface area contributed by atoms with Crippen LogP contribution in [0, 0.1) is 0 Å². The summed E-state index contributed by atoms with van der Waals surface area (Å²) in [5.41, 5.74) is 0. The Kier molecular flexibility index (Phi) is 33.7. The molecule has 1 rings (SSSR count). The van der Waals surface area contributed by atoms with Crippen LogP contribution in [0.25, 0.3) is 0 Å². The normalized spacial score (nSPS) is 22.7. The van der Waals surface area contributed by atoms with Crippen molar-refractivity contribution in [3.63, 3.8) is 0 Å². The molecular formula is C45H80O17P2. The van der Waals surface area contributed by atoms with Gasteiger partial charge in [0.15, 0.2) is 6.10 Å². The summed E-state index contributed by atoms with van der Waals surface area (Å²) in [4.78, 5) is 54.2. The van der Waals surface area contributed by atoms with Gasteiger partial charge in [0.05, 0.1) is 12.7 Å². The monoisotopic (exact) mass is 954 g/mol. The Bertz CT molecular complexity index is 1450. The van der Waals surface area contributed by atoms with Crippen LogP contribution in [0.4, 0.5) is 0 Å². The highest BCUT2D eigenvalue weighted by Crippen LogP contribution is 2.49. The number of allylic oxidation sites excluding steroid dienone is 6. The van der Waals surface area contributed by atoms with Crippen molar-refractivity contribution >= 4 is 27.6 Å². The predicted molar refractivity (Wildman–Crippen MR) is 243 cm³/mol. The highest BCUT2D eigenvalue weighted by molar-refractivity contribution is 7.47. The molecule has 6 unspecified atom stereocenters. The molecule has 1 aliphatic rings. The van der Waals surface area contributed by atoms with Crippen LogP contribution < -0.4 is 0 Å². The van der Waals surface area contributed by atoms with Crippen molar-refractivity contribution in [2.24, 2.45) is 0 Å². The number of phosphoric acid groups is 2. The molecule has 1 fully saturated rings. The third kappa shape index (κ3) is 30.3. The minimum absolute atomic E-state index is 0.0904. The molecule has 17 nitrogen and oxygen atoms in total. The van der Waals surface area contributed by atoms with Gasteiger partial charge in [-0.25, -0.2) is 9.13 Å². The van der Waals surface area contributed by atoms with E-state index in [0.29, 0.717) is 25.7 Å². The van der Waals surface area contributed by atoms with Crippen molar-refractivity contribution in [3.8, 4) is 0 Å². The molecule has 1 saturated carbocycles. The van der Waals surface area contributed by atoms with Crippen LogP contribution in [-0.4, -0.2) is 114 Å². The summed E-state index contributed by atoms with van der Waals surface area (Å²) in [5.74, 6) is -1.33. The number of aliphatic hydroxyl groups is 5. The summed E-state index contributed by atoms with van der Waals surface area (Å²) in [6, 6.07) is 0. The van der Waals surface area contributed by atoms with Gasteiger partial charge in [-0.1, -0.05) is 152 Å². The predicted octanol–water partition coefficient (Wildman–Crippen LogP) is 7.48. The Balaban J connectivity index is 2.69. The number of unbranched alkanes of at least 4 members (excludes halogenated alkanes) is 16. The lowest BCUT2D eigenvalue weighted by molar-refractivity contribution is -0.216. The summed E-state index contributed by atoms with van der Waals surface area (Å²) in [7, 11) is -10.7. The van der Waals surface area contributed by atoms with E-state index in [1.54, 1.807) is 24.3 Å². The zero-order chi connectivity index (χ0) is 47.6. The molecule has 9 atom stereocenters. The van der Waals surface area contributed by atoms with Crippen molar-refractivity contribution in [3.05, 3.63) is 48.6 Å². The van der Waals surface area contributed by atoms with Gasteiger partial charge in [-0.15, -0.1) is 0 Å². The topological polar surface area (TPSA) is 276 Å². The van der Waals surface area contributed by atoms with Crippen LogP contribution in [-0.2, 0) is 41.8 Å². The quantitative estimate of drug-likeness (QED) is 0.00979. The number of ether oxygens (including phenoxy) is 2. The van der Waals surface area contributed by atoms with Gasteiger partial charge in [0.25, 0.3) is 0 Å². The maximum Gasteiger partial charge on any atom is 0.472 e. The van der Waals surface area contributed by atoms with Crippen LogP contribution in [0.5, 0.6) is 0 Å². The van der Waals surface area contributed by atoms with E-state index in [1.807, 2.05) is 12.2 Å². The second-order valence-electron chi connectivity index (χ2n) is 16.3. The zero-order valence-corrected chi connectivity index (χ0v) is 39.9. The van der Waals surface area contributed by atoms with Crippen LogP contribution in [0.3, 0.4) is 0 Å². The van der Waals surface area contributed by atoms with Crippen LogP contribution >= 0.6 is 15.6 Å². The summed E-state index contributed by atoms with van der Waals surface area (Å²) in [6.45, 7) is 2.95. The molecule has 0 spiro atoms. The molecule has 0 radical (unpaired) electrons. The molecular weight excluding hydrogens is 874 g/mol. The van der Waals surface area contributed by atoms with Gasteiger partial charge in [-0.2, -0.15) is 0 Å². The largest absolute Gasteiger partial charge is 0.472 e. The second-order valence-corrected chi connectivity index (χ2v) is 18.9. The van der Waals surface area contributed by atoms with Gasteiger partial charge in [0.1, 0.15) is 43.2 Å². The minimum atomic E-state index is -5.38. The molecule has 0 bridgehead atoms. The summed E-state index contributed by atoms with van der Waals surface area (Å²) in [5, 5.41) is 51.4. The van der Waals surface area contributed by atoms with Crippen LogP contribution in [0.1, 0.15) is 162 Å². The van der Waals surface area contributed by atoms with Crippen molar-refractivity contribution in [1.29, 1.82) is 0 Å². The number of hydrogen-bond acceptors (Lipinski definition) is 14. The Morgan fingerprint density at radius 1 is 0.578 bits per heavy atom. The van der Waals surface area contributed by atoms with Crippen LogP contribution in [0.2, 0.25) is 0 Å². The lowest BCUT2D eigenvalue weighted by Crippen LogP contribution is -2.64. The van der Waals surface area contributed by atoms with E-state index in [1.165, 1.54) is 70.6 Å². The molecule has 0 aromatic rings. The van der Waals surface area contributed by atoms with E-state index in [-0.39, 0.29) is 12.8 Å². The van der Waals surface area contributed by atoms with E-state index in [2.05, 4.69) is 30.5 Å². The Morgan fingerprint density at radius 2 is 1.11 bits per heavy atom. The maximum absolute atomic E-state index is 13.0. The summed E-state index contributed by atoms with van der Waals surface area (Å²) >= 11 is 0. The van der Waals surface area contributed by atoms with Gasteiger partial charge in [-0.3, -0.25) is 23.2 Å². The number of esters is 2. The van der Waals surface area contributed by atoms with Gasteiger partial charge < -0.3 is 49.7 Å². The maximum atomic E-state index is 13.0. The summed E-state index contributed by atoms with van der Waals surface area (Å²) < 4.78 is 49.2. The first-order valence-electron chi connectivity index (χ1n) is 23.3. The Hall–Kier alpha value is -2.08. The van der Waals surface area contributed by atoms with Gasteiger partial charge in [0, 0.05) is 12.8 Å². The average Bonchev–Trinajstić information content (AvgIpc) is 3.24. The number of hydrogen-bond donors (Lipinski definition) is 8. The van der Waals surface area contributed by atoms with Gasteiger partial charge in [-0.05, 0) is 44.9 Å². The molecule has 0 aliphatic heterocycles. The van der Waals surface area contributed by atoms with Crippen molar-refractivity contribution < 1.29 is 82.0 Å². The Morgan fingerprint density at radius 3 is 1.72 bits per heavy atom. The van der Waals surface area contributed by atoms with E-state index < -0.39 is 89.6 Å². The first kappa shape index (κ1) is 59.9. The van der Waals surface area contributed by atoms with E-state index >= 15 is 0 Å². The number of phosphoric ester groups is 2. The van der Waals surface area contributed by atoms with Gasteiger partial charge >= 0.3 is 27.6 Å². The van der Waals surface area contributed by atoms with E-state index in [4.69, 9.17) is 28.3 Å². The lowest BCUT2D eigenvalue weighted by Gasteiger charge is -2.43. The molecule has 372 valence electrons. The fourth-order valence-electron chi connectivity index (χ4n) is 6.80. The lowest BCUT2D eigenvalue weighted by atomic mass is 9.85. The van der Waals surface area contributed by atoms with Crippen molar-refractivity contribution in [2.45, 2.75) is 210 Å². The van der Waals surface area contributed by atoms with Gasteiger partial charge in [0.2, 0.25) is 0 Å². The molecule has 19 heteroatoms. The molecule has 0 aromatic heterocycles.